The van der Waals surface area contributed by atoms with Crippen LogP contribution in [0.5, 0.6) is 0 Å². The van der Waals surface area contributed by atoms with Gasteiger partial charge < -0.3 is 0 Å². The summed E-state index contributed by atoms with van der Waals surface area (Å²) >= 11 is 0. The zero-order chi connectivity index (χ0) is 15.9. The second kappa shape index (κ2) is 3.70. The summed E-state index contributed by atoms with van der Waals surface area (Å²) in [5.41, 5.74) is 2.55. The second-order valence-electron chi connectivity index (χ2n) is 5.72. The Labute approximate surface area is 129 Å². The van der Waals surface area contributed by atoms with Crippen LogP contribution in [0, 0.1) is 10.1 Å². The molecule has 0 aliphatic heterocycles. The molecule has 0 saturated heterocycles. The maximum Gasteiger partial charge on any atom is 0.270 e. The van der Waals surface area contributed by atoms with Crippen molar-refractivity contribution in [2.75, 3.05) is 0 Å². The molecule has 0 heterocycles. The van der Waals surface area contributed by atoms with Gasteiger partial charge in [-0.25, -0.2) is 0 Å². The molecule has 0 atom stereocenters. The lowest BCUT2D eigenvalue weighted by atomic mass is 9.83. The van der Waals surface area contributed by atoms with E-state index in [0.717, 1.165) is 16.3 Å². The van der Waals surface area contributed by atoms with Gasteiger partial charge >= 0.3 is 0 Å². The highest BCUT2D eigenvalue weighted by Gasteiger charge is 2.38. The van der Waals surface area contributed by atoms with Gasteiger partial charge in [-0.15, -0.1) is 0 Å². The van der Waals surface area contributed by atoms with Crippen molar-refractivity contribution in [3.8, 4) is 11.1 Å². The number of nitro benzene ring substituents is 1. The summed E-state index contributed by atoms with van der Waals surface area (Å²) in [7, 11) is 0. The molecule has 108 valence electrons. The average molecular weight is 301 g/mol. The summed E-state index contributed by atoms with van der Waals surface area (Å²) in [5, 5.41) is 12.8. The molecular formula is C18H7NO4. The zero-order valence-electron chi connectivity index (χ0n) is 11.6. The monoisotopic (exact) mass is 301 g/mol. The highest BCUT2D eigenvalue weighted by atomic mass is 16.6. The maximum absolute atomic E-state index is 12.8. The van der Waals surface area contributed by atoms with Crippen molar-refractivity contribution in [2.24, 2.45) is 0 Å². The third kappa shape index (κ3) is 1.28. The number of nitro groups is 1. The first-order chi connectivity index (χ1) is 11.1. The van der Waals surface area contributed by atoms with E-state index in [4.69, 9.17) is 0 Å². The molecular weight excluding hydrogens is 294 g/mol. The smallest absolute Gasteiger partial charge is 0.270 e. The molecule has 2 aliphatic carbocycles. The standard InChI is InChI=1S/C18H7NO4/c20-17-10-3-1-2-8-4-5-11-16(14(8)10)15-12(17)6-9(19(22)23)7-13(15)18(11)21/h1-7H. The Morgan fingerprint density at radius 2 is 1.48 bits per heavy atom. The fourth-order valence-electron chi connectivity index (χ4n) is 3.67. The van der Waals surface area contributed by atoms with Crippen LogP contribution in [0.3, 0.4) is 0 Å². The third-order valence-electron chi connectivity index (χ3n) is 4.61. The van der Waals surface area contributed by atoms with Gasteiger partial charge in [0.25, 0.3) is 5.69 Å². The predicted molar refractivity (Wildman–Crippen MR) is 82.9 cm³/mol. The van der Waals surface area contributed by atoms with Gasteiger partial charge in [-0.2, -0.15) is 0 Å². The number of nitrogens with zero attached hydrogens (tertiary/aromatic N) is 1. The number of carbonyl (C=O) groups excluding carboxylic acids is 2. The number of rotatable bonds is 1. The highest BCUT2D eigenvalue weighted by Crippen LogP contribution is 2.49. The molecule has 5 rings (SSSR count). The summed E-state index contributed by atoms with van der Waals surface area (Å²) in [6.07, 6.45) is 0. The Kier molecular flexibility index (Phi) is 1.97. The van der Waals surface area contributed by atoms with Crippen LogP contribution in [0.25, 0.3) is 21.9 Å². The van der Waals surface area contributed by atoms with E-state index in [1.54, 1.807) is 18.2 Å². The van der Waals surface area contributed by atoms with Gasteiger partial charge in [0.05, 0.1) is 4.92 Å². The summed E-state index contributed by atoms with van der Waals surface area (Å²) in [6.45, 7) is 0. The summed E-state index contributed by atoms with van der Waals surface area (Å²) < 4.78 is 0. The number of non-ortho nitro benzene ring substituents is 1. The first-order valence-electron chi connectivity index (χ1n) is 7.06. The Hall–Kier alpha value is -3.34. The Bertz CT molecular complexity index is 1130. The Morgan fingerprint density at radius 3 is 2.17 bits per heavy atom. The molecule has 2 aliphatic rings. The Morgan fingerprint density at radius 1 is 0.783 bits per heavy atom. The molecule has 23 heavy (non-hydrogen) atoms. The molecule has 0 unspecified atom stereocenters. The van der Waals surface area contributed by atoms with Gasteiger partial charge in [-0.1, -0.05) is 24.3 Å². The maximum atomic E-state index is 12.8. The molecule has 5 heteroatoms. The second-order valence-corrected chi connectivity index (χ2v) is 5.72. The molecule has 3 aromatic carbocycles. The van der Waals surface area contributed by atoms with Crippen molar-refractivity contribution in [1.82, 2.24) is 0 Å². The van der Waals surface area contributed by atoms with Crippen LogP contribution >= 0.6 is 0 Å². The average Bonchev–Trinajstić information content (AvgIpc) is 2.85. The zero-order valence-corrected chi connectivity index (χ0v) is 11.6. The van der Waals surface area contributed by atoms with Crippen LogP contribution < -0.4 is 0 Å². The number of hydrogen-bond donors (Lipinski definition) is 0. The minimum absolute atomic E-state index is 0.233. The van der Waals surface area contributed by atoms with E-state index < -0.39 is 4.92 Å². The molecule has 3 aromatic rings. The highest BCUT2D eigenvalue weighted by molar-refractivity contribution is 6.35. The normalized spacial score (nSPS) is 13.7. The third-order valence-corrected chi connectivity index (χ3v) is 4.61. The SMILES string of the molecule is O=C1c2cc([N+](=O)[O-])cc3c2-c2c1ccc1cccc(c21)C3=O. The van der Waals surface area contributed by atoms with Crippen molar-refractivity contribution in [3.05, 3.63) is 74.8 Å². The van der Waals surface area contributed by atoms with E-state index >= 15 is 0 Å². The summed E-state index contributed by atoms with van der Waals surface area (Å²) in [4.78, 5) is 36.0. The van der Waals surface area contributed by atoms with Crippen LogP contribution in [0.2, 0.25) is 0 Å². The molecule has 0 aromatic heterocycles. The van der Waals surface area contributed by atoms with Crippen LogP contribution in [0.4, 0.5) is 5.69 Å². The van der Waals surface area contributed by atoms with Crippen molar-refractivity contribution in [3.63, 3.8) is 0 Å². The largest absolute Gasteiger partial charge is 0.289 e. The van der Waals surface area contributed by atoms with Crippen LogP contribution in [0.15, 0.2) is 42.5 Å². The molecule has 0 bridgehead atoms. The lowest BCUT2D eigenvalue weighted by Crippen LogP contribution is -2.10. The van der Waals surface area contributed by atoms with Crippen LogP contribution in [-0.4, -0.2) is 16.5 Å². The van der Waals surface area contributed by atoms with Gasteiger partial charge in [0.2, 0.25) is 0 Å². The van der Waals surface area contributed by atoms with Crippen LogP contribution in [0.1, 0.15) is 31.8 Å². The summed E-state index contributed by atoms with van der Waals surface area (Å²) in [6, 6.07) is 11.5. The van der Waals surface area contributed by atoms with E-state index in [-0.39, 0.29) is 28.4 Å². The molecule has 0 amide bonds. The van der Waals surface area contributed by atoms with E-state index in [1.165, 1.54) is 12.1 Å². The molecule has 0 radical (unpaired) electrons. The molecule has 0 spiro atoms. The predicted octanol–water partition coefficient (Wildman–Crippen LogP) is 3.50. The number of benzene rings is 3. The number of ketones is 2. The minimum Gasteiger partial charge on any atom is -0.289 e. The van der Waals surface area contributed by atoms with E-state index in [2.05, 4.69) is 0 Å². The van der Waals surface area contributed by atoms with E-state index in [1.807, 2.05) is 12.1 Å². The fourth-order valence-corrected chi connectivity index (χ4v) is 3.67. The van der Waals surface area contributed by atoms with Crippen molar-refractivity contribution in [1.29, 1.82) is 0 Å². The minimum atomic E-state index is -0.573. The molecule has 0 N–H and O–H groups in total. The number of carbonyl (C=O) groups is 2. The van der Waals surface area contributed by atoms with E-state index in [0.29, 0.717) is 16.7 Å². The van der Waals surface area contributed by atoms with Gasteiger partial charge in [-0.3, -0.25) is 19.7 Å². The van der Waals surface area contributed by atoms with Gasteiger partial charge in [-0.05, 0) is 11.5 Å². The lowest BCUT2D eigenvalue weighted by Gasteiger charge is -2.18. The molecule has 0 fully saturated rings. The first-order valence-corrected chi connectivity index (χ1v) is 7.06. The van der Waals surface area contributed by atoms with E-state index in [9.17, 15) is 19.7 Å². The van der Waals surface area contributed by atoms with Gasteiger partial charge in [0, 0.05) is 50.9 Å². The first kappa shape index (κ1) is 12.2. The van der Waals surface area contributed by atoms with Crippen LogP contribution in [-0.2, 0) is 0 Å². The summed E-state index contributed by atoms with van der Waals surface area (Å²) in [5.74, 6) is -0.527. The Balaban J connectivity index is 2.07. The van der Waals surface area contributed by atoms with Gasteiger partial charge in [0.15, 0.2) is 11.6 Å². The quantitative estimate of drug-likeness (QED) is 0.350. The fraction of sp³-hybridized carbons (Fsp3) is 0. The van der Waals surface area contributed by atoms with Crippen molar-refractivity contribution in [2.45, 2.75) is 0 Å². The molecule has 0 saturated carbocycles. The van der Waals surface area contributed by atoms with Gasteiger partial charge in [0.1, 0.15) is 0 Å². The molecule has 5 nitrogen and oxygen atoms in total. The van der Waals surface area contributed by atoms with Crippen molar-refractivity contribution >= 4 is 28.0 Å². The lowest BCUT2D eigenvalue weighted by molar-refractivity contribution is -0.384. The number of hydrogen-bond acceptors (Lipinski definition) is 4. The van der Waals surface area contributed by atoms with Crippen molar-refractivity contribution < 1.29 is 14.5 Å². The topological polar surface area (TPSA) is 77.3 Å².